The minimum atomic E-state index is -0.221. The third-order valence-corrected chi connectivity index (χ3v) is 4.77. The van der Waals surface area contributed by atoms with Gasteiger partial charge < -0.3 is 20.9 Å². The molecule has 1 aromatic carbocycles. The molecular weight excluding hydrogens is 407 g/mol. The summed E-state index contributed by atoms with van der Waals surface area (Å²) in [5, 5.41) is 2.99. The molecule has 3 N–H and O–H groups in total. The molecule has 158 valence electrons. The van der Waals surface area contributed by atoms with Crippen LogP contribution in [0.1, 0.15) is 37.8 Å². The van der Waals surface area contributed by atoms with Gasteiger partial charge in [0, 0.05) is 45.2 Å². The third-order valence-electron chi connectivity index (χ3n) is 4.77. The highest BCUT2D eigenvalue weighted by Gasteiger charge is 2.14. The van der Waals surface area contributed by atoms with Gasteiger partial charge in [-0.3, -0.25) is 4.79 Å². The number of carbonyl (C=O) groups excluding carboxylic acids is 1. The first-order chi connectivity index (χ1) is 11.7. The monoisotopic (exact) mass is 440 g/mol. The largest absolute Gasteiger partial charge is 0.356 e. The average molecular weight is 442 g/mol. The van der Waals surface area contributed by atoms with Crippen molar-refractivity contribution in [3.05, 3.63) is 35.9 Å². The minimum Gasteiger partial charge on any atom is -0.356 e. The van der Waals surface area contributed by atoms with Gasteiger partial charge in [-0.2, -0.15) is 0 Å². The number of piperazine rings is 1. The molecule has 0 spiro atoms. The number of hydrogen-bond donors (Lipinski definition) is 2. The van der Waals surface area contributed by atoms with Crippen molar-refractivity contribution in [3.63, 3.8) is 0 Å². The lowest BCUT2D eigenvalue weighted by atomic mass is 10.0. The number of nitrogens with two attached hydrogens (primary N) is 1. The molecule has 2 rings (SSSR count). The van der Waals surface area contributed by atoms with Crippen LogP contribution in [0.2, 0.25) is 0 Å². The van der Waals surface area contributed by atoms with Gasteiger partial charge in [0.05, 0.1) is 0 Å². The molecule has 5 nitrogen and oxygen atoms in total. The Morgan fingerprint density at radius 2 is 1.63 bits per heavy atom. The van der Waals surface area contributed by atoms with Gasteiger partial charge >= 0.3 is 0 Å². The van der Waals surface area contributed by atoms with Gasteiger partial charge in [-0.1, -0.05) is 37.3 Å². The van der Waals surface area contributed by atoms with Crippen LogP contribution in [0.4, 0.5) is 0 Å². The van der Waals surface area contributed by atoms with Crippen LogP contribution in [-0.2, 0) is 4.79 Å². The number of nitrogens with one attached hydrogen (secondary N) is 1. The first-order valence-corrected chi connectivity index (χ1v) is 9.21. The third kappa shape index (κ3) is 11.1. The molecule has 1 amide bonds. The fraction of sp³-hybridized carbons (Fsp3) is 0.632. The zero-order valence-corrected chi connectivity index (χ0v) is 18.6. The van der Waals surface area contributed by atoms with E-state index >= 15 is 0 Å². The quantitative estimate of drug-likeness (QED) is 0.578. The smallest absolute Gasteiger partial charge is 0.221 e. The fourth-order valence-electron chi connectivity index (χ4n) is 3.11. The Hall–Kier alpha value is -0.560. The second-order valence-electron chi connectivity index (χ2n) is 6.55. The Balaban J connectivity index is 0. The van der Waals surface area contributed by atoms with Crippen molar-refractivity contribution in [1.82, 2.24) is 15.1 Å². The first kappa shape index (κ1) is 28.6. The van der Waals surface area contributed by atoms with E-state index in [9.17, 15) is 4.79 Å². The van der Waals surface area contributed by atoms with Crippen molar-refractivity contribution >= 4 is 43.1 Å². The van der Waals surface area contributed by atoms with E-state index in [0.717, 1.165) is 38.0 Å². The Kier molecular flexibility index (Phi) is 17.4. The topological polar surface area (TPSA) is 61.6 Å². The van der Waals surface area contributed by atoms with Crippen molar-refractivity contribution in [2.45, 2.75) is 32.2 Å². The number of amides is 1. The fourth-order valence-corrected chi connectivity index (χ4v) is 3.11. The molecule has 0 bridgehead atoms. The molecule has 1 fully saturated rings. The predicted molar refractivity (Wildman–Crippen MR) is 121 cm³/mol. The molecule has 1 unspecified atom stereocenters. The number of halogens is 3. The summed E-state index contributed by atoms with van der Waals surface area (Å²) in [5.74, 6) is 0.0444. The second kappa shape index (κ2) is 16.4. The van der Waals surface area contributed by atoms with Gasteiger partial charge in [-0.15, -0.1) is 37.2 Å². The standard InChI is InChI=1S/C19H32N4O.3ClH/c1-2-22-12-14-23(15-13-22)11-7-6-10-21-19(24)16-18(20)17-8-4-3-5-9-17;;;/h3-5,8-9,18H,2,6-7,10-16,20H2,1H3,(H,21,24);3*1H. The van der Waals surface area contributed by atoms with Crippen molar-refractivity contribution < 1.29 is 4.79 Å². The molecule has 1 saturated heterocycles. The summed E-state index contributed by atoms with van der Waals surface area (Å²) in [6.45, 7) is 9.98. The normalized spacial score (nSPS) is 15.6. The van der Waals surface area contributed by atoms with Crippen LogP contribution in [0, 0.1) is 0 Å². The van der Waals surface area contributed by atoms with E-state index in [4.69, 9.17) is 5.73 Å². The van der Waals surface area contributed by atoms with Crippen molar-refractivity contribution in [2.24, 2.45) is 5.73 Å². The predicted octanol–water partition coefficient (Wildman–Crippen LogP) is 2.88. The van der Waals surface area contributed by atoms with Crippen LogP contribution in [0.3, 0.4) is 0 Å². The SMILES string of the molecule is CCN1CCN(CCCCNC(=O)CC(N)c2ccccc2)CC1.Cl.Cl.Cl. The Morgan fingerprint density at radius 1 is 1.04 bits per heavy atom. The van der Waals surface area contributed by atoms with Crippen molar-refractivity contribution in [3.8, 4) is 0 Å². The van der Waals surface area contributed by atoms with Crippen LogP contribution in [0.15, 0.2) is 30.3 Å². The first-order valence-electron chi connectivity index (χ1n) is 9.21. The molecule has 0 aliphatic carbocycles. The zero-order chi connectivity index (χ0) is 17.2. The van der Waals surface area contributed by atoms with Gasteiger partial charge in [-0.25, -0.2) is 0 Å². The van der Waals surface area contributed by atoms with Gasteiger partial charge in [0.1, 0.15) is 0 Å². The van der Waals surface area contributed by atoms with Gasteiger partial charge in [-0.05, 0) is 31.5 Å². The van der Waals surface area contributed by atoms with Crippen molar-refractivity contribution in [2.75, 3.05) is 45.8 Å². The summed E-state index contributed by atoms with van der Waals surface area (Å²) in [6.07, 6.45) is 2.51. The number of rotatable bonds is 9. The molecule has 0 aromatic heterocycles. The van der Waals surface area contributed by atoms with Gasteiger partial charge in [0.25, 0.3) is 0 Å². The highest BCUT2D eigenvalue weighted by Crippen LogP contribution is 2.12. The molecule has 1 aliphatic rings. The van der Waals surface area contributed by atoms with E-state index in [-0.39, 0.29) is 49.2 Å². The van der Waals surface area contributed by atoms with Crippen LogP contribution in [0.5, 0.6) is 0 Å². The van der Waals surface area contributed by atoms with E-state index in [0.29, 0.717) is 6.42 Å². The number of unbranched alkanes of at least 4 members (excludes halogenated alkanes) is 1. The van der Waals surface area contributed by atoms with Gasteiger partial charge in [0.2, 0.25) is 5.91 Å². The van der Waals surface area contributed by atoms with Crippen LogP contribution in [-0.4, -0.2) is 61.5 Å². The Morgan fingerprint density at radius 3 is 2.22 bits per heavy atom. The molecule has 27 heavy (non-hydrogen) atoms. The summed E-state index contributed by atoms with van der Waals surface area (Å²) >= 11 is 0. The molecule has 1 aromatic rings. The lowest BCUT2D eigenvalue weighted by Crippen LogP contribution is -2.46. The van der Waals surface area contributed by atoms with Crippen LogP contribution >= 0.6 is 37.2 Å². The second-order valence-corrected chi connectivity index (χ2v) is 6.55. The molecule has 0 radical (unpaired) electrons. The lowest BCUT2D eigenvalue weighted by molar-refractivity contribution is -0.121. The number of likely N-dealkylation sites (N-methyl/N-ethyl adjacent to an activating group) is 1. The summed E-state index contributed by atoms with van der Waals surface area (Å²) in [5.41, 5.74) is 7.09. The maximum Gasteiger partial charge on any atom is 0.221 e. The molecule has 8 heteroatoms. The van der Waals surface area contributed by atoms with Gasteiger partial charge in [0.15, 0.2) is 0 Å². The van der Waals surface area contributed by atoms with Crippen LogP contribution in [0.25, 0.3) is 0 Å². The lowest BCUT2D eigenvalue weighted by Gasteiger charge is -2.33. The minimum absolute atomic E-state index is 0. The number of benzene rings is 1. The Labute approximate surface area is 182 Å². The molecular formula is C19H35Cl3N4O. The molecule has 1 atom stereocenters. The molecule has 1 heterocycles. The zero-order valence-electron chi connectivity index (χ0n) is 16.1. The van der Waals surface area contributed by atoms with E-state index in [1.54, 1.807) is 0 Å². The summed E-state index contributed by atoms with van der Waals surface area (Å²) in [4.78, 5) is 17.0. The molecule has 1 aliphatic heterocycles. The Bertz CT molecular complexity index is 485. The number of hydrogen-bond acceptors (Lipinski definition) is 4. The summed E-state index contributed by atoms with van der Waals surface area (Å²) in [6, 6.07) is 9.58. The van der Waals surface area contributed by atoms with Crippen LogP contribution < -0.4 is 11.1 Å². The van der Waals surface area contributed by atoms with E-state index in [1.165, 1.54) is 26.2 Å². The number of nitrogens with zero attached hydrogens (tertiary/aromatic N) is 2. The van der Waals surface area contributed by atoms with E-state index < -0.39 is 0 Å². The van der Waals surface area contributed by atoms with E-state index in [2.05, 4.69) is 22.0 Å². The highest BCUT2D eigenvalue weighted by atomic mass is 35.5. The summed E-state index contributed by atoms with van der Waals surface area (Å²) in [7, 11) is 0. The highest BCUT2D eigenvalue weighted by molar-refractivity contribution is 5.86. The molecule has 0 saturated carbocycles. The average Bonchev–Trinajstić information content (AvgIpc) is 2.62. The van der Waals surface area contributed by atoms with Crippen molar-refractivity contribution in [1.29, 1.82) is 0 Å². The van der Waals surface area contributed by atoms with E-state index in [1.807, 2.05) is 30.3 Å². The maximum atomic E-state index is 12.0. The summed E-state index contributed by atoms with van der Waals surface area (Å²) < 4.78 is 0. The maximum absolute atomic E-state index is 12.0. The number of carbonyl (C=O) groups is 1.